The third kappa shape index (κ3) is 4.51. The molecule has 162 valence electrons. The van der Waals surface area contributed by atoms with Gasteiger partial charge in [-0.3, -0.25) is 9.78 Å². The lowest BCUT2D eigenvalue weighted by Gasteiger charge is -2.25. The van der Waals surface area contributed by atoms with E-state index in [0.717, 1.165) is 22.8 Å². The van der Waals surface area contributed by atoms with Gasteiger partial charge in [0.1, 0.15) is 11.6 Å². The fourth-order valence-electron chi connectivity index (χ4n) is 3.57. The number of rotatable bonds is 6. The number of pyridine rings is 1. The zero-order valence-electron chi connectivity index (χ0n) is 18.3. The molecule has 0 saturated carbocycles. The first-order chi connectivity index (χ1) is 15.6. The van der Waals surface area contributed by atoms with Crippen LogP contribution in [0.2, 0.25) is 0 Å². The minimum Gasteiger partial charge on any atom is -0.495 e. The van der Waals surface area contributed by atoms with Gasteiger partial charge in [0, 0.05) is 41.5 Å². The van der Waals surface area contributed by atoms with Gasteiger partial charge in [0.2, 0.25) is 5.95 Å². The molecule has 3 heterocycles. The molecule has 1 N–H and O–H groups in total. The molecular formula is C25H25N5O2. The number of carbonyl (C=O) groups excluding carboxylic acids is 1. The van der Waals surface area contributed by atoms with Crippen molar-refractivity contribution in [2.75, 3.05) is 23.9 Å². The summed E-state index contributed by atoms with van der Waals surface area (Å²) >= 11 is 0. The van der Waals surface area contributed by atoms with Gasteiger partial charge in [0.25, 0.3) is 0 Å². The lowest BCUT2D eigenvalue weighted by molar-refractivity contribution is 0.104. The molecule has 3 aromatic rings. The van der Waals surface area contributed by atoms with Gasteiger partial charge in [0.15, 0.2) is 5.78 Å². The third-order valence-electron chi connectivity index (χ3n) is 5.22. The number of nitrogens with one attached hydrogen (secondary N) is 1. The molecular weight excluding hydrogens is 402 g/mol. The Morgan fingerprint density at radius 3 is 2.94 bits per heavy atom. The predicted molar refractivity (Wildman–Crippen MR) is 126 cm³/mol. The van der Waals surface area contributed by atoms with Crippen LogP contribution in [0.1, 0.15) is 35.7 Å². The molecule has 7 heteroatoms. The predicted octanol–water partition coefficient (Wildman–Crippen LogP) is 5.19. The van der Waals surface area contributed by atoms with Crippen molar-refractivity contribution < 1.29 is 9.53 Å². The van der Waals surface area contributed by atoms with Crippen LogP contribution in [0.4, 0.5) is 23.1 Å². The first-order valence-corrected chi connectivity index (χ1v) is 10.4. The van der Waals surface area contributed by atoms with E-state index in [-0.39, 0.29) is 11.7 Å². The summed E-state index contributed by atoms with van der Waals surface area (Å²) in [5, 5.41) is 3.21. The Bertz CT molecular complexity index is 1190. The third-order valence-corrected chi connectivity index (χ3v) is 5.22. The average molecular weight is 428 g/mol. The largest absolute Gasteiger partial charge is 0.495 e. The molecule has 0 bridgehead atoms. The number of benzene rings is 1. The maximum Gasteiger partial charge on any atom is 0.229 e. The first-order valence-electron chi connectivity index (χ1n) is 10.4. The van der Waals surface area contributed by atoms with Crippen LogP contribution in [-0.2, 0) is 0 Å². The maximum atomic E-state index is 12.4. The summed E-state index contributed by atoms with van der Waals surface area (Å²) in [5.41, 5.74) is 3.28. The quantitative estimate of drug-likeness (QED) is 0.329. The van der Waals surface area contributed by atoms with E-state index in [0.29, 0.717) is 23.8 Å². The van der Waals surface area contributed by atoms with E-state index in [4.69, 9.17) is 9.72 Å². The Morgan fingerprint density at radius 1 is 1.25 bits per heavy atom. The number of aromatic nitrogens is 3. The van der Waals surface area contributed by atoms with Gasteiger partial charge in [-0.05, 0) is 25.1 Å². The van der Waals surface area contributed by atoms with E-state index in [1.165, 1.54) is 0 Å². The van der Waals surface area contributed by atoms with Crippen molar-refractivity contribution in [1.29, 1.82) is 0 Å². The van der Waals surface area contributed by atoms with Gasteiger partial charge in [0.05, 0.1) is 25.2 Å². The number of hydrogen-bond donors (Lipinski definition) is 1. The van der Waals surface area contributed by atoms with E-state index >= 15 is 0 Å². The van der Waals surface area contributed by atoms with Crippen LogP contribution < -0.4 is 15.0 Å². The second-order valence-electron chi connectivity index (χ2n) is 7.45. The zero-order chi connectivity index (χ0) is 22.5. The lowest BCUT2D eigenvalue weighted by Crippen LogP contribution is -2.20. The van der Waals surface area contributed by atoms with Gasteiger partial charge in [-0.1, -0.05) is 37.3 Å². The Labute approximate surface area is 187 Å². The highest BCUT2D eigenvalue weighted by molar-refractivity contribution is 6.05. The van der Waals surface area contributed by atoms with Crippen molar-refractivity contribution in [2.45, 2.75) is 19.8 Å². The van der Waals surface area contributed by atoms with Gasteiger partial charge >= 0.3 is 0 Å². The van der Waals surface area contributed by atoms with Crippen LogP contribution in [0.3, 0.4) is 0 Å². The topological polar surface area (TPSA) is 80.2 Å². The molecule has 1 aliphatic heterocycles. The van der Waals surface area contributed by atoms with Gasteiger partial charge < -0.3 is 15.0 Å². The van der Waals surface area contributed by atoms with Crippen LogP contribution in [-0.4, -0.2) is 34.4 Å². The summed E-state index contributed by atoms with van der Waals surface area (Å²) in [4.78, 5) is 28.0. The highest BCUT2D eigenvalue weighted by atomic mass is 16.5. The van der Waals surface area contributed by atoms with Gasteiger partial charge in [-0.25, -0.2) is 4.98 Å². The average Bonchev–Trinajstić information content (AvgIpc) is 2.98. The number of carbonyl (C=O) groups is 1. The van der Waals surface area contributed by atoms with Crippen molar-refractivity contribution in [3.05, 3.63) is 84.4 Å². The molecule has 1 aromatic carbocycles. The second kappa shape index (κ2) is 9.43. The van der Waals surface area contributed by atoms with Gasteiger partial charge in [-0.2, -0.15) is 4.98 Å². The molecule has 1 atom stereocenters. The number of ether oxygens (including phenoxy) is 1. The van der Waals surface area contributed by atoms with Crippen molar-refractivity contribution in [1.82, 2.24) is 15.0 Å². The van der Waals surface area contributed by atoms with Crippen LogP contribution >= 0.6 is 0 Å². The summed E-state index contributed by atoms with van der Waals surface area (Å²) in [6.45, 7) is 4.59. The Balaban J connectivity index is 1.73. The van der Waals surface area contributed by atoms with Crippen molar-refractivity contribution in [3.63, 3.8) is 0 Å². The van der Waals surface area contributed by atoms with Crippen LogP contribution in [0.15, 0.2) is 73.2 Å². The highest BCUT2D eigenvalue weighted by Crippen LogP contribution is 2.35. The minimum atomic E-state index is -0.0242. The number of allylic oxidation sites excluding steroid dienone is 3. The number of ketones is 1. The number of anilines is 4. The molecule has 1 unspecified atom stereocenters. The molecule has 0 aliphatic carbocycles. The fraction of sp³-hybridized carbons (Fsp3) is 0.200. The smallest absolute Gasteiger partial charge is 0.229 e. The van der Waals surface area contributed by atoms with E-state index in [2.05, 4.69) is 39.3 Å². The van der Waals surface area contributed by atoms with Crippen molar-refractivity contribution in [2.24, 2.45) is 0 Å². The normalized spacial score (nSPS) is 15.3. The fourth-order valence-corrected chi connectivity index (χ4v) is 3.57. The summed E-state index contributed by atoms with van der Waals surface area (Å²) in [6.07, 6.45) is 12.8. The molecule has 4 rings (SSSR count). The zero-order valence-corrected chi connectivity index (χ0v) is 18.3. The van der Waals surface area contributed by atoms with Crippen LogP contribution in [0.5, 0.6) is 5.75 Å². The maximum absolute atomic E-state index is 12.4. The second-order valence-corrected chi connectivity index (χ2v) is 7.45. The SMILES string of the molecule is C/C=C/C(=O)c1cccc(N2CC=CC(C)c3cnc(Nc4cncc(OC)c4)nc32)c1. The van der Waals surface area contributed by atoms with E-state index in [9.17, 15) is 4.79 Å². The summed E-state index contributed by atoms with van der Waals surface area (Å²) < 4.78 is 5.24. The highest BCUT2D eigenvalue weighted by Gasteiger charge is 2.22. The van der Waals surface area contributed by atoms with Crippen molar-refractivity contribution in [3.8, 4) is 5.75 Å². The standard InChI is InChI=1S/C25H25N5O2/c1-4-7-23(31)18-9-5-10-20(12-18)30-11-6-8-17(2)22-16-27-25(29-24(22)30)28-19-13-21(32-3)15-26-14-19/h4-10,12-17H,11H2,1-3H3,(H,27,28,29)/b7-4+. The Morgan fingerprint density at radius 2 is 2.12 bits per heavy atom. The molecule has 0 fully saturated rings. The molecule has 7 nitrogen and oxygen atoms in total. The number of fused-ring (bicyclic) bond motifs is 1. The van der Waals surface area contributed by atoms with E-state index in [1.54, 1.807) is 31.7 Å². The van der Waals surface area contributed by atoms with E-state index < -0.39 is 0 Å². The summed E-state index contributed by atoms with van der Waals surface area (Å²) in [6, 6.07) is 9.44. The summed E-state index contributed by atoms with van der Waals surface area (Å²) in [7, 11) is 1.60. The molecule has 1 aliphatic rings. The monoisotopic (exact) mass is 427 g/mol. The van der Waals surface area contributed by atoms with Crippen molar-refractivity contribution >= 4 is 28.9 Å². The molecule has 0 amide bonds. The number of nitrogens with zero attached hydrogens (tertiary/aromatic N) is 4. The lowest BCUT2D eigenvalue weighted by atomic mass is 10.0. The van der Waals surface area contributed by atoms with Crippen LogP contribution in [0, 0.1) is 0 Å². The Kier molecular flexibility index (Phi) is 6.26. The Hall–Kier alpha value is -4.00. The van der Waals surface area contributed by atoms with Gasteiger partial charge in [-0.15, -0.1) is 0 Å². The molecule has 0 radical (unpaired) electrons. The first kappa shape index (κ1) is 21.2. The molecule has 0 saturated heterocycles. The number of hydrogen-bond acceptors (Lipinski definition) is 7. The molecule has 32 heavy (non-hydrogen) atoms. The molecule has 0 spiro atoms. The minimum absolute atomic E-state index is 0.0242. The molecule has 2 aromatic heterocycles. The summed E-state index contributed by atoms with van der Waals surface area (Å²) in [5.74, 6) is 2.04. The number of methoxy groups -OCH3 is 1. The van der Waals surface area contributed by atoms with E-state index in [1.807, 2.05) is 43.5 Å². The van der Waals surface area contributed by atoms with Crippen LogP contribution in [0.25, 0.3) is 0 Å².